The van der Waals surface area contributed by atoms with E-state index in [-0.39, 0.29) is 18.4 Å². The van der Waals surface area contributed by atoms with Gasteiger partial charge in [-0.3, -0.25) is 14.6 Å². The third-order valence-electron chi connectivity index (χ3n) is 3.73. The minimum absolute atomic E-state index is 0.189. The van der Waals surface area contributed by atoms with Gasteiger partial charge in [0.05, 0.1) is 0 Å². The highest BCUT2D eigenvalue weighted by Crippen LogP contribution is 2.28. The molecule has 118 valence electrons. The van der Waals surface area contributed by atoms with E-state index in [0.717, 1.165) is 22.9 Å². The van der Waals surface area contributed by atoms with E-state index in [9.17, 15) is 18.0 Å². The van der Waals surface area contributed by atoms with Crippen LogP contribution in [0.1, 0.15) is 23.7 Å². The van der Waals surface area contributed by atoms with E-state index in [2.05, 4.69) is 15.3 Å². The number of aromatic amines is 1. The molecular weight excluding hydrogens is 299 g/mol. The summed E-state index contributed by atoms with van der Waals surface area (Å²) in [5.74, 6) is -0.0475. The number of H-pyrrole nitrogens is 1. The number of amides is 1. The van der Waals surface area contributed by atoms with Crippen LogP contribution in [0.25, 0.3) is 0 Å². The zero-order valence-corrected chi connectivity index (χ0v) is 11.5. The van der Waals surface area contributed by atoms with E-state index in [0.29, 0.717) is 13.1 Å². The molecule has 0 aromatic carbocycles. The topological polar surface area (TPSA) is 66.8 Å². The molecule has 2 aromatic heterocycles. The third-order valence-corrected chi connectivity index (χ3v) is 3.73. The number of aromatic nitrogens is 4. The molecule has 1 N–H and O–H groups in total. The van der Waals surface area contributed by atoms with Gasteiger partial charge in [-0.15, -0.1) is 0 Å². The van der Waals surface area contributed by atoms with Crippen LogP contribution in [0.5, 0.6) is 0 Å². The van der Waals surface area contributed by atoms with Crippen molar-refractivity contribution >= 4 is 5.91 Å². The summed E-state index contributed by atoms with van der Waals surface area (Å²) in [6.45, 7) is 0.927. The van der Waals surface area contributed by atoms with Crippen LogP contribution in [-0.4, -0.2) is 43.9 Å². The van der Waals surface area contributed by atoms with E-state index in [1.807, 2.05) is 6.07 Å². The predicted octanol–water partition coefficient (Wildman–Crippen LogP) is 1.64. The van der Waals surface area contributed by atoms with Gasteiger partial charge in [-0.05, 0) is 18.6 Å². The first-order valence-corrected chi connectivity index (χ1v) is 6.81. The van der Waals surface area contributed by atoms with Crippen LogP contribution in [-0.2, 0) is 17.5 Å². The number of halogens is 3. The van der Waals surface area contributed by atoms with Crippen LogP contribution in [0.4, 0.5) is 13.2 Å². The Morgan fingerprint density at radius 3 is 2.86 bits per heavy atom. The van der Waals surface area contributed by atoms with Crippen molar-refractivity contribution in [3.63, 3.8) is 0 Å². The predicted molar refractivity (Wildman–Crippen MR) is 69.8 cm³/mol. The SMILES string of the molecule is O=C(Cn1ccc(C(F)(F)F)n1)N1CC[C@@H](c2ccn[nH]2)C1. The lowest BCUT2D eigenvalue weighted by molar-refractivity contribution is -0.142. The van der Waals surface area contributed by atoms with Crippen molar-refractivity contribution in [2.75, 3.05) is 13.1 Å². The molecule has 0 saturated carbocycles. The first-order valence-electron chi connectivity index (χ1n) is 6.81. The Hall–Kier alpha value is -2.32. The van der Waals surface area contributed by atoms with E-state index < -0.39 is 11.9 Å². The van der Waals surface area contributed by atoms with Crippen molar-refractivity contribution in [3.8, 4) is 0 Å². The largest absolute Gasteiger partial charge is 0.435 e. The first-order chi connectivity index (χ1) is 10.4. The molecule has 1 atom stereocenters. The summed E-state index contributed by atoms with van der Waals surface area (Å²) in [6.07, 6.45) is -0.861. The van der Waals surface area contributed by atoms with Gasteiger partial charge >= 0.3 is 6.18 Å². The molecule has 3 rings (SSSR count). The zero-order valence-electron chi connectivity index (χ0n) is 11.5. The quantitative estimate of drug-likeness (QED) is 0.937. The molecule has 1 fully saturated rings. The average Bonchev–Trinajstić information content (AvgIpc) is 3.18. The number of carbonyl (C=O) groups is 1. The van der Waals surface area contributed by atoms with Gasteiger partial charge in [0.15, 0.2) is 5.69 Å². The van der Waals surface area contributed by atoms with Gasteiger partial charge in [0, 0.05) is 37.1 Å². The molecule has 1 aliphatic rings. The molecule has 0 radical (unpaired) electrons. The maximum absolute atomic E-state index is 12.5. The Balaban J connectivity index is 1.60. The van der Waals surface area contributed by atoms with E-state index in [4.69, 9.17) is 0 Å². The highest BCUT2D eigenvalue weighted by atomic mass is 19.4. The Morgan fingerprint density at radius 2 is 2.23 bits per heavy atom. The fourth-order valence-corrected chi connectivity index (χ4v) is 2.57. The fourth-order valence-electron chi connectivity index (χ4n) is 2.57. The van der Waals surface area contributed by atoms with Gasteiger partial charge in [0.2, 0.25) is 5.91 Å². The van der Waals surface area contributed by atoms with Crippen LogP contribution in [0, 0.1) is 0 Å². The van der Waals surface area contributed by atoms with Crippen molar-refractivity contribution < 1.29 is 18.0 Å². The van der Waals surface area contributed by atoms with E-state index >= 15 is 0 Å². The minimum atomic E-state index is -4.49. The minimum Gasteiger partial charge on any atom is -0.340 e. The number of likely N-dealkylation sites (tertiary alicyclic amines) is 1. The van der Waals surface area contributed by atoms with Gasteiger partial charge in [-0.1, -0.05) is 0 Å². The molecular formula is C13H14F3N5O. The first kappa shape index (κ1) is 14.6. The van der Waals surface area contributed by atoms with Gasteiger partial charge in [-0.2, -0.15) is 23.4 Å². The second-order valence-electron chi connectivity index (χ2n) is 5.23. The number of nitrogens with one attached hydrogen (secondary N) is 1. The molecule has 1 amide bonds. The van der Waals surface area contributed by atoms with Crippen LogP contribution >= 0.6 is 0 Å². The van der Waals surface area contributed by atoms with E-state index in [1.54, 1.807) is 11.1 Å². The average molecular weight is 313 g/mol. The van der Waals surface area contributed by atoms with Crippen LogP contribution in [0.2, 0.25) is 0 Å². The number of rotatable bonds is 3. The number of carbonyl (C=O) groups excluding carboxylic acids is 1. The van der Waals surface area contributed by atoms with Crippen LogP contribution in [0.15, 0.2) is 24.5 Å². The van der Waals surface area contributed by atoms with Crippen molar-refractivity contribution in [2.24, 2.45) is 0 Å². The monoisotopic (exact) mass is 313 g/mol. The summed E-state index contributed by atoms with van der Waals surface area (Å²) in [5.41, 5.74) is -0.0224. The molecule has 0 spiro atoms. The smallest absolute Gasteiger partial charge is 0.340 e. The Labute approximate surface area is 123 Å². The summed E-state index contributed by atoms with van der Waals surface area (Å²) >= 11 is 0. The Kier molecular flexibility index (Phi) is 3.63. The standard InChI is InChI=1S/C13H14F3N5O/c14-13(15,16)11-3-6-21(19-11)8-12(22)20-5-2-9(7-20)10-1-4-17-18-10/h1,3-4,6,9H,2,5,7-8H2,(H,17,18)/t9-/m1/s1. The summed E-state index contributed by atoms with van der Waals surface area (Å²) < 4.78 is 38.4. The lowest BCUT2D eigenvalue weighted by atomic mass is 10.1. The maximum atomic E-state index is 12.5. The molecule has 0 unspecified atom stereocenters. The lowest BCUT2D eigenvalue weighted by Crippen LogP contribution is -2.32. The normalized spacial score (nSPS) is 18.9. The molecule has 22 heavy (non-hydrogen) atoms. The summed E-state index contributed by atoms with van der Waals surface area (Å²) in [6, 6.07) is 2.73. The molecule has 1 aliphatic heterocycles. The highest BCUT2D eigenvalue weighted by molar-refractivity contribution is 5.76. The number of alkyl halides is 3. The van der Waals surface area contributed by atoms with Crippen molar-refractivity contribution in [1.29, 1.82) is 0 Å². The second kappa shape index (κ2) is 5.47. The van der Waals surface area contributed by atoms with Gasteiger partial charge in [-0.25, -0.2) is 0 Å². The van der Waals surface area contributed by atoms with Crippen LogP contribution in [0.3, 0.4) is 0 Å². The zero-order chi connectivity index (χ0) is 15.7. The van der Waals surface area contributed by atoms with Gasteiger partial charge in [0.1, 0.15) is 6.54 Å². The van der Waals surface area contributed by atoms with Crippen molar-refractivity contribution in [1.82, 2.24) is 24.9 Å². The Morgan fingerprint density at radius 1 is 1.41 bits per heavy atom. The molecule has 6 nitrogen and oxygen atoms in total. The molecule has 1 saturated heterocycles. The molecule has 2 aromatic rings. The summed E-state index contributed by atoms with van der Waals surface area (Å²) in [5, 5.41) is 10.1. The van der Waals surface area contributed by atoms with E-state index in [1.165, 1.54) is 6.20 Å². The lowest BCUT2D eigenvalue weighted by Gasteiger charge is -2.16. The van der Waals surface area contributed by atoms with Crippen molar-refractivity contribution in [3.05, 3.63) is 35.9 Å². The summed E-state index contributed by atoms with van der Waals surface area (Å²) in [7, 11) is 0. The molecule has 0 aliphatic carbocycles. The fraction of sp³-hybridized carbons (Fsp3) is 0.462. The Bertz CT molecular complexity index is 649. The number of hydrogen-bond donors (Lipinski definition) is 1. The molecule has 0 bridgehead atoms. The summed E-state index contributed by atoms with van der Waals surface area (Å²) in [4.78, 5) is 13.8. The van der Waals surface area contributed by atoms with Gasteiger partial charge in [0.25, 0.3) is 0 Å². The maximum Gasteiger partial charge on any atom is 0.435 e. The second-order valence-corrected chi connectivity index (χ2v) is 5.23. The highest BCUT2D eigenvalue weighted by Gasteiger charge is 2.34. The van der Waals surface area contributed by atoms with Crippen molar-refractivity contribution in [2.45, 2.75) is 25.1 Å². The van der Waals surface area contributed by atoms with Crippen LogP contribution < -0.4 is 0 Å². The third kappa shape index (κ3) is 2.97. The molecule has 9 heteroatoms. The molecule has 3 heterocycles. The number of hydrogen-bond acceptors (Lipinski definition) is 3. The number of nitrogens with zero attached hydrogens (tertiary/aromatic N) is 4. The van der Waals surface area contributed by atoms with Gasteiger partial charge < -0.3 is 4.90 Å².